The Morgan fingerprint density at radius 1 is 1.18 bits per heavy atom. The Balaban J connectivity index is 0.000000686. The maximum atomic E-state index is 11.4. The highest BCUT2D eigenvalue weighted by Gasteiger charge is 2.22. The molecule has 1 aromatic rings. The van der Waals surface area contributed by atoms with Crippen LogP contribution in [0.15, 0.2) is 30.3 Å². The van der Waals surface area contributed by atoms with Gasteiger partial charge in [0.05, 0.1) is 0 Å². The van der Waals surface area contributed by atoms with Crippen molar-refractivity contribution in [2.24, 2.45) is 0 Å². The Morgan fingerprint density at radius 2 is 1.82 bits per heavy atom. The Kier molecular flexibility index (Phi) is 5.20. The monoisotopic (exact) mass is 234 g/mol. The number of urea groups is 1. The van der Waals surface area contributed by atoms with Crippen molar-refractivity contribution in [2.75, 3.05) is 6.54 Å². The topological polar surface area (TPSA) is 49.4 Å². The zero-order chi connectivity index (χ0) is 12.7. The average molecular weight is 234 g/mol. The molecule has 0 atom stereocenters. The first-order chi connectivity index (χ1) is 8.25. The predicted molar refractivity (Wildman–Crippen MR) is 66.4 cm³/mol. The van der Waals surface area contributed by atoms with Gasteiger partial charge in [0.1, 0.15) is 0 Å². The van der Waals surface area contributed by atoms with E-state index < -0.39 is 0 Å². The highest BCUT2D eigenvalue weighted by molar-refractivity contribution is 5.96. The first-order valence-corrected chi connectivity index (χ1v) is 5.88. The van der Waals surface area contributed by atoms with Crippen molar-refractivity contribution >= 4 is 11.9 Å². The maximum absolute atomic E-state index is 11.4. The molecule has 1 heterocycles. The Hall–Kier alpha value is -1.84. The first-order valence-electron chi connectivity index (χ1n) is 5.88. The number of nitrogens with one attached hydrogen (secondary N) is 1. The zero-order valence-corrected chi connectivity index (χ0v) is 10.3. The van der Waals surface area contributed by atoms with Crippen LogP contribution in [-0.4, -0.2) is 23.4 Å². The summed E-state index contributed by atoms with van der Waals surface area (Å²) in [5.74, 6) is -0.190. The molecule has 17 heavy (non-hydrogen) atoms. The van der Waals surface area contributed by atoms with Crippen molar-refractivity contribution in [1.82, 2.24) is 10.2 Å². The molecular weight excluding hydrogens is 216 g/mol. The molecule has 92 valence electrons. The summed E-state index contributed by atoms with van der Waals surface area (Å²) in [6, 6.07) is 9.43. The lowest BCUT2D eigenvalue weighted by molar-refractivity contribution is -0.121. The van der Waals surface area contributed by atoms with E-state index in [1.807, 2.05) is 44.2 Å². The quantitative estimate of drug-likeness (QED) is 0.852. The molecule has 0 unspecified atom stereocenters. The van der Waals surface area contributed by atoms with E-state index in [1.54, 1.807) is 4.90 Å². The molecule has 0 spiro atoms. The Bertz CT molecular complexity index is 376. The van der Waals surface area contributed by atoms with E-state index in [1.165, 1.54) is 0 Å². The lowest BCUT2D eigenvalue weighted by Gasteiger charge is -2.26. The summed E-state index contributed by atoms with van der Waals surface area (Å²) >= 11 is 0. The van der Waals surface area contributed by atoms with E-state index in [2.05, 4.69) is 5.32 Å². The second kappa shape index (κ2) is 6.68. The van der Waals surface area contributed by atoms with E-state index in [0.717, 1.165) is 5.56 Å². The molecule has 1 aliphatic heterocycles. The van der Waals surface area contributed by atoms with E-state index in [9.17, 15) is 9.59 Å². The minimum absolute atomic E-state index is 0.190. The zero-order valence-electron chi connectivity index (χ0n) is 10.3. The minimum atomic E-state index is -0.296. The minimum Gasteiger partial charge on any atom is -0.320 e. The van der Waals surface area contributed by atoms with Crippen LogP contribution in [-0.2, 0) is 11.3 Å². The highest BCUT2D eigenvalue weighted by atomic mass is 16.2. The van der Waals surface area contributed by atoms with E-state index in [0.29, 0.717) is 19.5 Å². The van der Waals surface area contributed by atoms with Gasteiger partial charge in [-0.2, -0.15) is 0 Å². The van der Waals surface area contributed by atoms with Gasteiger partial charge in [-0.1, -0.05) is 44.2 Å². The van der Waals surface area contributed by atoms with Crippen molar-refractivity contribution < 1.29 is 9.59 Å². The summed E-state index contributed by atoms with van der Waals surface area (Å²) in [4.78, 5) is 24.0. The fourth-order valence-corrected chi connectivity index (χ4v) is 1.55. The average Bonchev–Trinajstić information content (AvgIpc) is 2.37. The van der Waals surface area contributed by atoms with Crippen LogP contribution < -0.4 is 5.32 Å². The summed E-state index contributed by atoms with van der Waals surface area (Å²) in [6.07, 6.45) is 0.387. The van der Waals surface area contributed by atoms with Gasteiger partial charge in [0.25, 0.3) is 0 Å². The largest absolute Gasteiger partial charge is 0.324 e. The molecule has 3 amide bonds. The summed E-state index contributed by atoms with van der Waals surface area (Å²) in [6.45, 7) is 5.06. The molecule has 1 N–H and O–H groups in total. The summed E-state index contributed by atoms with van der Waals surface area (Å²) < 4.78 is 0. The van der Waals surface area contributed by atoms with Crippen LogP contribution in [0.5, 0.6) is 0 Å². The molecule has 0 aliphatic carbocycles. The third-order valence-electron chi connectivity index (χ3n) is 2.36. The van der Waals surface area contributed by atoms with Crippen molar-refractivity contribution in [3.05, 3.63) is 35.9 Å². The molecule has 1 fully saturated rings. The molecule has 0 saturated carbocycles. The number of benzene rings is 1. The maximum Gasteiger partial charge on any atom is 0.324 e. The number of nitrogens with zero attached hydrogens (tertiary/aromatic N) is 1. The lowest BCUT2D eigenvalue weighted by Crippen LogP contribution is -2.48. The van der Waals surface area contributed by atoms with Gasteiger partial charge >= 0.3 is 6.03 Å². The molecule has 1 aliphatic rings. The van der Waals surface area contributed by atoms with Crippen molar-refractivity contribution in [2.45, 2.75) is 26.8 Å². The van der Waals surface area contributed by atoms with Crippen LogP contribution in [0.1, 0.15) is 25.8 Å². The summed E-state index contributed by atoms with van der Waals surface area (Å²) in [5, 5.41) is 2.30. The number of amides is 3. The van der Waals surface area contributed by atoms with E-state index in [-0.39, 0.29) is 11.9 Å². The lowest BCUT2D eigenvalue weighted by atomic mass is 10.2. The van der Waals surface area contributed by atoms with Crippen molar-refractivity contribution in [3.8, 4) is 0 Å². The molecule has 1 saturated heterocycles. The van der Waals surface area contributed by atoms with Gasteiger partial charge in [0.15, 0.2) is 0 Å². The van der Waals surface area contributed by atoms with Gasteiger partial charge in [-0.3, -0.25) is 10.1 Å². The van der Waals surface area contributed by atoms with Crippen LogP contribution in [0.25, 0.3) is 0 Å². The molecule has 4 heteroatoms. The number of carbonyl (C=O) groups is 2. The molecule has 2 rings (SSSR count). The molecule has 1 aromatic carbocycles. The number of hydrogen-bond acceptors (Lipinski definition) is 2. The van der Waals surface area contributed by atoms with Crippen LogP contribution >= 0.6 is 0 Å². The van der Waals surface area contributed by atoms with E-state index in [4.69, 9.17) is 0 Å². The normalized spacial score (nSPS) is 14.8. The van der Waals surface area contributed by atoms with Gasteiger partial charge in [-0.05, 0) is 5.56 Å². The van der Waals surface area contributed by atoms with Gasteiger partial charge in [-0.15, -0.1) is 0 Å². The van der Waals surface area contributed by atoms with Crippen LogP contribution in [0, 0.1) is 0 Å². The predicted octanol–water partition coefficient (Wildman–Crippen LogP) is 2.15. The van der Waals surface area contributed by atoms with Gasteiger partial charge < -0.3 is 4.90 Å². The number of carbonyl (C=O) groups excluding carboxylic acids is 2. The number of rotatable bonds is 2. The first kappa shape index (κ1) is 13.2. The van der Waals surface area contributed by atoms with Gasteiger partial charge in [0, 0.05) is 19.5 Å². The molecule has 0 radical (unpaired) electrons. The molecular formula is C13H18N2O2. The second-order valence-electron chi connectivity index (χ2n) is 3.51. The third-order valence-corrected chi connectivity index (χ3v) is 2.36. The SMILES string of the molecule is CC.O=C1CCN(Cc2ccccc2)C(=O)N1. The fourth-order valence-electron chi connectivity index (χ4n) is 1.55. The van der Waals surface area contributed by atoms with Crippen molar-refractivity contribution in [1.29, 1.82) is 0 Å². The number of imide groups is 1. The van der Waals surface area contributed by atoms with E-state index >= 15 is 0 Å². The van der Waals surface area contributed by atoms with Crippen LogP contribution in [0.4, 0.5) is 4.79 Å². The second-order valence-corrected chi connectivity index (χ2v) is 3.51. The summed E-state index contributed by atoms with van der Waals surface area (Å²) in [5.41, 5.74) is 1.07. The molecule has 0 aromatic heterocycles. The smallest absolute Gasteiger partial charge is 0.320 e. The van der Waals surface area contributed by atoms with Gasteiger partial charge in [-0.25, -0.2) is 4.79 Å². The summed E-state index contributed by atoms with van der Waals surface area (Å²) in [7, 11) is 0. The Labute approximate surface area is 102 Å². The number of hydrogen-bond donors (Lipinski definition) is 1. The van der Waals surface area contributed by atoms with Gasteiger partial charge in [0.2, 0.25) is 5.91 Å². The van der Waals surface area contributed by atoms with Crippen molar-refractivity contribution in [3.63, 3.8) is 0 Å². The molecule has 0 bridgehead atoms. The Morgan fingerprint density at radius 3 is 2.41 bits per heavy atom. The fraction of sp³-hybridized carbons (Fsp3) is 0.385. The highest BCUT2D eigenvalue weighted by Crippen LogP contribution is 2.07. The third kappa shape index (κ3) is 3.90. The standard InChI is InChI=1S/C11H12N2O2.C2H6/c14-10-6-7-13(11(15)12-10)8-9-4-2-1-3-5-9;1-2/h1-5H,6-8H2,(H,12,14,15);1-2H3. The van der Waals surface area contributed by atoms with Crippen LogP contribution in [0.3, 0.4) is 0 Å². The van der Waals surface area contributed by atoms with Crippen LogP contribution in [0.2, 0.25) is 0 Å². The molecule has 4 nitrogen and oxygen atoms in total.